The first-order valence-electron chi connectivity index (χ1n) is 9.18. The van der Waals surface area contributed by atoms with Crippen LogP contribution in [0.3, 0.4) is 0 Å². The number of nitrogens with one attached hydrogen (secondary N) is 1. The van der Waals surface area contributed by atoms with Gasteiger partial charge >= 0.3 is 0 Å². The van der Waals surface area contributed by atoms with Crippen molar-refractivity contribution in [3.05, 3.63) is 59.7 Å². The number of aryl methyl sites for hydroxylation is 1. The Bertz CT molecular complexity index is 953. The van der Waals surface area contributed by atoms with E-state index in [-0.39, 0.29) is 12.0 Å². The van der Waals surface area contributed by atoms with E-state index in [0.717, 1.165) is 36.4 Å². The van der Waals surface area contributed by atoms with E-state index in [0.29, 0.717) is 17.8 Å². The molecule has 1 aromatic carbocycles. The van der Waals surface area contributed by atoms with Crippen molar-refractivity contribution in [3.63, 3.8) is 0 Å². The van der Waals surface area contributed by atoms with Gasteiger partial charge in [-0.05, 0) is 38.3 Å². The van der Waals surface area contributed by atoms with Gasteiger partial charge in [-0.1, -0.05) is 18.2 Å². The van der Waals surface area contributed by atoms with Crippen molar-refractivity contribution in [1.29, 1.82) is 0 Å². The molecule has 7 heteroatoms. The number of ether oxygens (including phenoxy) is 1. The molecule has 1 fully saturated rings. The van der Waals surface area contributed by atoms with Crippen molar-refractivity contribution in [2.75, 3.05) is 11.9 Å². The Morgan fingerprint density at radius 1 is 1.26 bits per heavy atom. The summed E-state index contributed by atoms with van der Waals surface area (Å²) in [5.74, 6) is -0.191. The number of hydrogen-bond donors (Lipinski definition) is 1. The summed E-state index contributed by atoms with van der Waals surface area (Å²) in [7, 11) is 0. The summed E-state index contributed by atoms with van der Waals surface area (Å²) in [4.78, 5) is 12.7. The topological polar surface area (TPSA) is 74.0 Å². The molecule has 0 radical (unpaired) electrons. The third kappa shape index (κ3) is 3.64. The van der Waals surface area contributed by atoms with Gasteiger partial charge in [0.2, 0.25) is 0 Å². The van der Waals surface area contributed by atoms with E-state index in [1.165, 1.54) is 0 Å². The van der Waals surface area contributed by atoms with Gasteiger partial charge in [0.1, 0.15) is 0 Å². The Labute approximate surface area is 157 Å². The Morgan fingerprint density at radius 3 is 2.89 bits per heavy atom. The van der Waals surface area contributed by atoms with E-state index < -0.39 is 0 Å². The molecule has 0 bridgehead atoms. The zero-order chi connectivity index (χ0) is 18.8. The molecule has 140 valence electrons. The third-order valence-electron chi connectivity index (χ3n) is 4.90. The van der Waals surface area contributed by atoms with Crippen molar-refractivity contribution < 1.29 is 9.53 Å². The molecular weight excluding hydrogens is 342 g/mol. The molecule has 3 aromatic rings. The summed E-state index contributed by atoms with van der Waals surface area (Å²) in [5.41, 5.74) is 4.09. The number of carbonyl (C=O) groups is 1. The number of amides is 1. The SMILES string of the molecule is Cc1ccccc1-n1ncc(C(=O)Nc2cnn(C[C@@H]3CCCO3)c2)c1C. The predicted octanol–water partition coefficient (Wildman–Crippen LogP) is 3.12. The lowest BCUT2D eigenvalue weighted by molar-refractivity contribution is 0.0940. The van der Waals surface area contributed by atoms with Crippen molar-refractivity contribution in [3.8, 4) is 5.69 Å². The van der Waals surface area contributed by atoms with Crippen molar-refractivity contribution in [1.82, 2.24) is 19.6 Å². The molecule has 7 nitrogen and oxygen atoms in total. The highest BCUT2D eigenvalue weighted by Gasteiger charge is 2.18. The smallest absolute Gasteiger partial charge is 0.259 e. The first-order valence-corrected chi connectivity index (χ1v) is 9.18. The van der Waals surface area contributed by atoms with Crippen LogP contribution in [-0.4, -0.2) is 38.2 Å². The Hall–Kier alpha value is -2.93. The fourth-order valence-corrected chi connectivity index (χ4v) is 3.40. The Morgan fingerprint density at radius 2 is 2.11 bits per heavy atom. The molecule has 3 heterocycles. The van der Waals surface area contributed by atoms with E-state index in [4.69, 9.17) is 4.74 Å². The summed E-state index contributed by atoms with van der Waals surface area (Å²) in [6, 6.07) is 7.97. The average Bonchev–Trinajstić information content (AvgIpc) is 3.38. The van der Waals surface area contributed by atoms with E-state index in [2.05, 4.69) is 15.5 Å². The van der Waals surface area contributed by atoms with Crippen LogP contribution in [0, 0.1) is 13.8 Å². The van der Waals surface area contributed by atoms with Gasteiger partial charge in [0, 0.05) is 12.8 Å². The van der Waals surface area contributed by atoms with Gasteiger partial charge in [0.05, 0.1) is 47.7 Å². The molecule has 1 saturated heterocycles. The van der Waals surface area contributed by atoms with Crippen LogP contribution in [0.4, 0.5) is 5.69 Å². The highest BCUT2D eigenvalue weighted by Crippen LogP contribution is 2.19. The maximum Gasteiger partial charge on any atom is 0.259 e. The summed E-state index contributed by atoms with van der Waals surface area (Å²) >= 11 is 0. The Balaban J connectivity index is 1.47. The molecule has 1 N–H and O–H groups in total. The molecule has 4 rings (SSSR count). The van der Waals surface area contributed by atoms with Crippen LogP contribution in [0.2, 0.25) is 0 Å². The third-order valence-corrected chi connectivity index (χ3v) is 4.90. The molecule has 27 heavy (non-hydrogen) atoms. The number of hydrogen-bond acceptors (Lipinski definition) is 4. The maximum absolute atomic E-state index is 12.7. The van der Waals surface area contributed by atoms with E-state index in [1.807, 2.05) is 49.0 Å². The number of anilines is 1. The van der Waals surface area contributed by atoms with Crippen molar-refractivity contribution >= 4 is 11.6 Å². The number of carbonyl (C=O) groups excluding carboxylic acids is 1. The van der Waals surface area contributed by atoms with Gasteiger partial charge in [-0.3, -0.25) is 9.48 Å². The van der Waals surface area contributed by atoms with Gasteiger partial charge in [0.15, 0.2) is 0 Å². The van der Waals surface area contributed by atoms with Gasteiger partial charge in [-0.15, -0.1) is 0 Å². The molecule has 1 aliphatic heterocycles. The largest absolute Gasteiger partial charge is 0.376 e. The summed E-state index contributed by atoms with van der Waals surface area (Å²) < 4.78 is 9.24. The minimum absolute atomic E-state index is 0.191. The maximum atomic E-state index is 12.7. The zero-order valence-electron chi connectivity index (χ0n) is 15.6. The highest BCUT2D eigenvalue weighted by molar-refractivity contribution is 6.04. The number of aromatic nitrogens is 4. The lowest BCUT2D eigenvalue weighted by Crippen LogP contribution is -2.15. The summed E-state index contributed by atoms with van der Waals surface area (Å²) in [6.45, 7) is 5.45. The van der Waals surface area contributed by atoms with Crippen LogP contribution in [-0.2, 0) is 11.3 Å². The molecule has 0 spiro atoms. The standard InChI is InChI=1S/C20H23N5O2/c1-14-6-3-4-8-19(14)25-15(2)18(11-22-25)20(26)23-16-10-21-24(12-16)13-17-7-5-9-27-17/h3-4,6,8,10-12,17H,5,7,9,13H2,1-2H3,(H,23,26)/t17-/m0/s1. The van der Waals surface area contributed by atoms with Gasteiger partial charge in [0.25, 0.3) is 5.91 Å². The summed E-state index contributed by atoms with van der Waals surface area (Å²) in [6.07, 6.45) is 7.46. The van der Waals surface area contributed by atoms with Crippen LogP contribution >= 0.6 is 0 Å². The molecule has 2 aromatic heterocycles. The monoisotopic (exact) mass is 365 g/mol. The van der Waals surface area contributed by atoms with Crippen LogP contribution in [0.15, 0.2) is 42.9 Å². The van der Waals surface area contributed by atoms with Crippen LogP contribution in [0.25, 0.3) is 5.69 Å². The van der Waals surface area contributed by atoms with E-state index in [9.17, 15) is 4.79 Å². The zero-order valence-corrected chi connectivity index (χ0v) is 15.6. The molecule has 0 aliphatic carbocycles. The lowest BCUT2D eigenvalue weighted by Gasteiger charge is -2.09. The lowest BCUT2D eigenvalue weighted by atomic mass is 10.2. The number of nitrogens with zero attached hydrogens (tertiary/aromatic N) is 4. The molecule has 1 aliphatic rings. The Kier molecular flexibility index (Phi) is 4.77. The molecule has 1 amide bonds. The molecule has 0 saturated carbocycles. The quantitative estimate of drug-likeness (QED) is 0.754. The number of benzene rings is 1. The average molecular weight is 365 g/mol. The van der Waals surface area contributed by atoms with E-state index >= 15 is 0 Å². The first-order chi connectivity index (χ1) is 13.1. The summed E-state index contributed by atoms with van der Waals surface area (Å²) in [5, 5.41) is 11.6. The highest BCUT2D eigenvalue weighted by atomic mass is 16.5. The molecular formula is C20H23N5O2. The van der Waals surface area contributed by atoms with Crippen LogP contribution in [0.5, 0.6) is 0 Å². The first kappa shape index (κ1) is 17.5. The van der Waals surface area contributed by atoms with Gasteiger partial charge in [-0.2, -0.15) is 10.2 Å². The van der Waals surface area contributed by atoms with Crippen molar-refractivity contribution in [2.24, 2.45) is 0 Å². The normalized spacial score (nSPS) is 16.6. The number of para-hydroxylation sites is 1. The molecule has 1 atom stereocenters. The van der Waals surface area contributed by atoms with Crippen molar-refractivity contribution in [2.45, 2.75) is 39.3 Å². The van der Waals surface area contributed by atoms with Crippen LogP contribution in [0.1, 0.15) is 34.5 Å². The molecule has 0 unspecified atom stereocenters. The minimum atomic E-state index is -0.191. The fraction of sp³-hybridized carbons (Fsp3) is 0.350. The van der Waals surface area contributed by atoms with Gasteiger partial charge < -0.3 is 10.1 Å². The van der Waals surface area contributed by atoms with E-state index in [1.54, 1.807) is 17.1 Å². The van der Waals surface area contributed by atoms with Crippen LogP contribution < -0.4 is 5.32 Å². The second kappa shape index (κ2) is 7.36. The minimum Gasteiger partial charge on any atom is -0.376 e. The predicted molar refractivity (Wildman–Crippen MR) is 102 cm³/mol. The number of rotatable bonds is 5. The second-order valence-corrected chi connectivity index (χ2v) is 6.88. The fourth-order valence-electron chi connectivity index (χ4n) is 3.40. The van der Waals surface area contributed by atoms with Gasteiger partial charge in [-0.25, -0.2) is 4.68 Å². The second-order valence-electron chi connectivity index (χ2n) is 6.88.